The van der Waals surface area contributed by atoms with Gasteiger partial charge in [0.15, 0.2) is 8.32 Å². The molecule has 1 atom stereocenters. The Labute approximate surface area is 151 Å². The molecule has 0 spiro atoms. The van der Waals surface area contributed by atoms with E-state index >= 15 is 0 Å². The van der Waals surface area contributed by atoms with E-state index in [1.807, 2.05) is 0 Å². The van der Waals surface area contributed by atoms with Gasteiger partial charge >= 0.3 is 0 Å². The normalized spacial score (nSPS) is 14.0. The highest BCUT2D eigenvalue weighted by atomic mass is 28.4. The molecule has 1 aromatic rings. The fourth-order valence-corrected chi connectivity index (χ4v) is 6.35. The zero-order chi connectivity index (χ0) is 17.8. The van der Waals surface area contributed by atoms with E-state index in [0.717, 1.165) is 6.42 Å². The molecule has 0 aliphatic rings. The highest BCUT2D eigenvalue weighted by Crippen LogP contribution is 2.32. The Morgan fingerprint density at radius 2 is 1.58 bits per heavy atom. The lowest BCUT2D eigenvalue weighted by atomic mass is 9.96. The number of allylic oxidation sites excluding steroid dienone is 1. The van der Waals surface area contributed by atoms with Crippen LogP contribution >= 0.6 is 0 Å². The van der Waals surface area contributed by atoms with Gasteiger partial charge in [-0.1, -0.05) is 89.8 Å². The van der Waals surface area contributed by atoms with E-state index in [-0.39, 0.29) is 6.10 Å². The van der Waals surface area contributed by atoms with Gasteiger partial charge in [0.1, 0.15) is 0 Å². The van der Waals surface area contributed by atoms with Gasteiger partial charge in [-0.25, -0.2) is 0 Å². The van der Waals surface area contributed by atoms with Crippen LogP contribution in [-0.4, -0.2) is 14.4 Å². The number of hydrogen-bond donors (Lipinski definition) is 0. The van der Waals surface area contributed by atoms with Crippen LogP contribution in [0.5, 0.6) is 0 Å². The topological polar surface area (TPSA) is 9.23 Å². The highest BCUT2D eigenvalue weighted by Gasteiger charge is 2.33. The predicted molar refractivity (Wildman–Crippen MR) is 111 cm³/mol. The summed E-state index contributed by atoms with van der Waals surface area (Å²) in [7, 11) is -1.60. The summed E-state index contributed by atoms with van der Waals surface area (Å²) in [5.74, 6) is 0. The smallest absolute Gasteiger partial charge is 0.192 e. The van der Waals surface area contributed by atoms with E-state index in [9.17, 15) is 0 Å². The standard InChI is InChI=1S/C22H38OSi/c1-6-11-12-16-19-22(23-24(8-3,9-4)10-5)21(7-2)20-17-14-13-15-18-20/h7,13-15,17-18,22H,6,8-12,16,19H2,1-5H3/b21-7+/t22-/m0/s1. The Morgan fingerprint density at radius 1 is 0.958 bits per heavy atom. The van der Waals surface area contributed by atoms with Gasteiger partial charge in [0.2, 0.25) is 0 Å². The highest BCUT2D eigenvalue weighted by molar-refractivity contribution is 6.73. The van der Waals surface area contributed by atoms with Gasteiger partial charge in [-0.15, -0.1) is 0 Å². The summed E-state index contributed by atoms with van der Waals surface area (Å²) < 4.78 is 6.94. The Balaban J connectivity index is 2.98. The van der Waals surface area contributed by atoms with Crippen molar-refractivity contribution in [2.24, 2.45) is 0 Å². The van der Waals surface area contributed by atoms with E-state index in [2.05, 4.69) is 71.0 Å². The summed E-state index contributed by atoms with van der Waals surface area (Å²) in [4.78, 5) is 0. The molecule has 2 heteroatoms. The molecule has 0 heterocycles. The van der Waals surface area contributed by atoms with Crippen molar-refractivity contribution >= 4 is 13.9 Å². The minimum absolute atomic E-state index is 0.265. The summed E-state index contributed by atoms with van der Waals surface area (Å²) in [6, 6.07) is 14.5. The van der Waals surface area contributed by atoms with Crippen LogP contribution in [0.25, 0.3) is 5.57 Å². The maximum Gasteiger partial charge on any atom is 0.192 e. The SMILES string of the molecule is C/C=C(\c1ccccc1)[C@H](CCCCCC)O[Si](CC)(CC)CC. The molecule has 0 bridgehead atoms. The average Bonchev–Trinajstić information content (AvgIpc) is 2.64. The zero-order valence-corrected chi connectivity index (χ0v) is 17.6. The van der Waals surface area contributed by atoms with Crippen molar-refractivity contribution in [1.29, 1.82) is 0 Å². The summed E-state index contributed by atoms with van der Waals surface area (Å²) in [6.07, 6.45) is 8.91. The van der Waals surface area contributed by atoms with Crippen LogP contribution in [0.3, 0.4) is 0 Å². The molecule has 1 rings (SSSR count). The monoisotopic (exact) mass is 346 g/mol. The fourth-order valence-electron chi connectivity index (χ4n) is 3.51. The molecule has 0 fully saturated rings. The second-order valence-corrected chi connectivity index (χ2v) is 11.5. The van der Waals surface area contributed by atoms with Gasteiger partial charge in [-0.3, -0.25) is 0 Å². The van der Waals surface area contributed by atoms with Gasteiger partial charge in [-0.05, 0) is 42.6 Å². The van der Waals surface area contributed by atoms with Crippen molar-refractivity contribution < 1.29 is 4.43 Å². The van der Waals surface area contributed by atoms with E-state index in [1.54, 1.807) is 0 Å². The molecular formula is C22H38OSi. The molecule has 0 radical (unpaired) electrons. The van der Waals surface area contributed by atoms with E-state index in [1.165, 1.54) is 55.0 Å². The van der Waals surface area contributed by atoms with Gasteiger partial charge < -0.3 is 4.43 Å². The Kier molecular flexibility index (Phi) is 10.3. The van der Waals surface area contributed by atoms with Crippen LogP contribution in [-0.2, 0) is 4.43 Å². The zero-order valence-electron chi connectivity index (χ0n) is 16.6. The third-order valence-corrected chi connectivity index (χ3v) is 10.1. The molecule has 0 amide bonds. The second kappa shape index (κ2) is 11.6. The molecule has 0 unspecified atom stereocenters. The lowest BCUT2D eigenvalue weighted by Gasteiger charge is -2.35. The van der Waals surface area contributed by atoms with Crippen LogP contribution in [0, 0.1) is 0 Å². The van der Waals surface area contributed by atoms with E-state index in [0.29, 0.717) is 0 Å². The van der Waals surface area contributed by atoms with Crippen molar-refractivity contribution in [2.45, 2.75) is 91.0 Å². The van der Waals surface area contributed by atoms with Crippen molar-refractivity contribution in [2.75, 3.05) is 0 Å². The lowest BCUT2D eigenvalue weighted by Crippen LogP contribution is -2.40. The number of benzene rings is 1. The van der Waals surface area contributed by atoms with Crippen LogP contribution in [0.15, 0.2) is 36.4 Å². The summed E-state index contributed by atoms with van der Waals surface area (Å²) in [5.41, 5.74) is 2.71. The summed E-state index contributed by atoms with van der Waals surface area (Å²) in [6.45, 7) is 11.4. The number of rotatable bonds is 12. The van der Waals surface area contributed by atoms with Crippen molar-refractivity contribution in [1.82, 2.24) is 0 Å². The minimum Gasteiger partial charge on any atom is -0.410 e. The molecule has 0 aliphatic carbocycles. The Bertz CT molecular complexity index is 454. The summed E-state index contributed by atoms with van der Waals surface area (Å²) >= 11 is 0. The average molecular weight is 347 g/mol. The van der Waals surface area contributed by atoms with Crippen LogP contribution < -0.4 is 0 Å². The molecule has 0 saturated carbocycles. The molecule has 0 aromatic heterocycles. The molecule has 0 N–H and O–H groups in total. The first-order valence-corrected chi connectivity index (χ1v) is 12.6. The van der Waals surface area contributed by atoms with Crippen molar-refractivity contribution in [3.8, 4) is 0 Å². The molecule has 0 saturated heterocycles. The van der Waals surface area contributed by atoms with Crippen LogP contribution in [0.4, 0.5) is 0 Å². The van der Waals surface area contributed by atoms with Gasteiger partial charge in [-0.2, -0.15) is 0 Å². The maximum absolute atomic E-state index is 6.94. The van der Waals surface area contributed by atoms with E-state index in [4.69, 9.17) is 4.43 Å². The summed E-state index contributed by atoms with van der Waals surface area (Å²) in [5, 5.41) is 0. The molecule has 24 heavy (non-hydrogen) atoms. The first-order chi connectivity index (χ1) is 11.7. The maximum atomic E-state index is 6.94. The van der Waals surface area contributed by atoms with Crippen LogP contribution in [0.1, 0.15) is 72.3 Å². The van der Waals surface area contributed by atoms with Crippen LogP contribution in [0.2, 0.25) is 18.1 Å². The van der Waals surface area contributed by atoms with Gasteiger partial charge in [0.05, 0.1) is 6.10 Å². The molecule has 136 valence electrons. The largest absolute Gasteiger partial charge is 0.410 e. The van der Waals surface area contributed by atoms with Crippen molar-refractivity contribution in [3.63, 3.8) is 0 Å². The molecular weight excluding hydrogens is 308 g/mol. The number of hydrogen-bond acceptors (Lipinski definition) is 1. The lowest BCUT2D eigenvalue weighted by molar-refractivity contribution is 0.226. The molecule has 1 aromatic carbocycles. The van der Waals surface area contributed by atoms with Gasteiger partial charge in [0, 0.05) is 0 Å². The van der Waals surface area contributed by atoms with E-state index < -0.39 is 8.32 Å². The predicted octanol–water partition coefficient (Wildman–Crippen LogP) is 7.45. The van der Waals surface area contributed by atoms with Gasteiger partial charge in [0.25, 0.3) is 0 Å². The second-order valence-electron chi connectivity index (χ2n) is 6.81. The molecule has 0 aliphatic heterocycles. The fraction of sp³-hybridized carbons (Fsp3) is 0.636. The third-order valence-electron chi connectivity index (χ3n) is 5.41. The quantitative estimate of drug-likeness (QED) is 0.282. The van der Waals surface area contributed by atoms with Crippen molar-refractivity contribution in [3.05, 3.63) is 42.0 Å². The first kappa shape index (κ1) is 21.2. The minimum atomic E-state index is -1.60. The number of unbranched alkanes of at least 4 members (excludes halogenated alkanes) is 3. The Morgan fingerprint density at radius 3 is 2.08 bits per heavy atom. The molecule has 1 nitrogen and oxygen atoms in total. The Hall–Kier alpha value is -0.863. The third kappa shape index (κ3) is 6.21. The first-order valence-electron chi connectivity index (χ1n) is 10.1.